The van der Waals surface area contributed by atoms with Gasteiger partial charge in [0, 0.05) is 27.4 Å². The average molecular weight is 269 g/mol. The van der Waals surface area contributed by atoms with Crippen molar-refractivity contribution < 1.29 is 4.74 Å². The number of rotatable bonds is 2. The van der Waals surface area contributed by atoms with Gasteiger partial charge in [-0.3, -0.25) is 0 Å². The molecule has 2 rings (SSSR count). The molecule has 0 saturated carbocycles. The maximum absolute atomic E-state index is 6.11. The zero-order chi connectivity index (χ0) is 12.4. The molecule has 0 saturated heterocycles. The van der Waals surface area contributed by atoms with Gasteiger partial charge in [0.1, 0.15) is 0 Å². The van der Waals surface area contributed by atoms with Crippen molar-refractivity contribution >= 4 is 28.9 Å². The van der Waals surface area contributed by atoms with Crippen molar-refractivity contribution in [2.24, 2.45) is 0 Å². The van der Waals surface area contributed by atoms with E-state index in [1.807, 2.05) is 6.07 Å². The Labute approximate surface area is 109 Å². The van der Waals surface area contributed by atoms with E-state index in [2.05, 4.69) is 4.98 Å². The molecule has 17 heavy (non-hydrogen) atoms. The van der Waals surface area contributed by atoms with E-state index < -0.39 is 0 Å². The molecule has 0 aliphatic heterocycles. The summed E-state index contributed by atoms with van der Waals surface area (Å²) < 4.78 is 4.99. The van der Waals surface area contributed by atoms with E-state index in [4.69, 9.17) is 33.7 Å². The van der Waals surface area contributed by atoms with Crippen molar-refractivity contribution in [1.29, 1.82) is 0 Å². The highest BCUT2D eigenvalue weighted by molar-refractivity contribution is 6.36. The number of pyridine rings is 1. The van der Waals surface area contributed by atoms with Crippen LogP contribution >= 0.6 is 23.2 Å². The molecule has 0 aliphatic carbocycles. The van der Waals surface area contributed by atoms with Gasteiger partial charge >= 0.3 is 0 Å². The second-order valence-corrected chi connectivity index (χ2v) is 4.29. The highest BCUT2D eigenvalue weighted by Crippen LogP contribution is 2.32. The Balaban J connectivity index is 2.50. The Morgan fingerprint density at radius 2 is 2.00 bits per heavy atom. The number of halogens is 2. The average Bonchev–Trinajstić information content (AvgIpc) is 2.29. The van der Waals surface area contributed by atoms with Crippen LogP contribution in [0.5, 0.6) is 5.88 Å². The van der Waals surface area contributed by atoms with Gasteiger partial charge in [-0.2, -0.15) is 0 Å². The summed E-state index contributed by atoms with van der Waals surface area (Å²) in [5.41, 5.74) is 7.92. The number of anilines is 1. The van der Waals surface area contributed by atoms with Crippen molar-refractivity contribution in [1.82, 2.24) is 4.98 Å². The molecule has 0 aliphatic rings. The third-order valence-electron chi connectivity index (χ3n) is 2.31. The van der Waals surface area contributed by atoms with Crippen LogP contribution in [0.4, 0.5) is 5.69 Å². The number of hydrogen-bond acceptors (Lipinski definition) is 3. The third kappa shape index (κ3) is 2.46. The van der Waals surface area contributed by atoms with Crippen molar-refractivity contribution in [3.05, 3.63) is 40.5 Å². The predicted octanol–water partition coefficient (Wildman–Crippen LogP) is 3.65. The number of nitrogens with two attached hydrogens (primary N) is 1. The molecule has 2 N–H and O–H groups in total. The first-order chi connectivity index (χ1) is 8.11. The van der Waals surface area contributed by atoms with Gasteiger partial charge in [0.05, 0.1) is 12.8 Å². The van der Waals surface area contributed by atoms with Gasteiger partial charge in [0.15, 0.2) is 0 Å². The third-order valence-corrected chi connectivity index (χ3v) is 2.86. The minimum absolute atomic E-state index is 0.402. The molecule has 0 amide bonds. The van der Waals surface area contributed by atoms with Crippen molar-refractivity contribution in [3.63, 3.8) is 0 Å². The Bertz CT molecular complexity index is 558. The van der Waals surface area contributed by atoms with Crippen molar-refractivity contribution in [2.75, 3.05) is 12.8 Å². The van der Waals surface area contributed by atoms with Gasteiger partial charge in [-0.1, -0.05) is 29.3 Å². The van der Waals surface area contributed by atoms with E-state index in [0.717, 1.165) is 11.1 Å². The topological polar surface area (TPSA) is 48.1 Å². The van der Waals surface area contributed by atoms with E-state index >= 15 is 0 Å². The molecule has 0 bridgehead atoms. The van der Waals surface area contributed by atoms with Gasteiger partial charge < -0.3 is 10.5 Å². The van der Waals surface area contributed by atoms with Gasteiger partial charge in [-0.25, -0.2) is 4.98 Å². The fraction of sp³-hybridized carbons (Fsp3) is 0.0833. The lowest BCUT2D eigenvalue weighted by atomic mass is 10.1. The minimum Gasteiger partial charge on any atom is -0.480 e. The van der Waals surface area contributed by atoms with Gasteiger partial charge in [-0.15, -0.1) is 0 Å². The van der Waals surface area contributed by atoms with Crippen LogP contribution in [-0.4, -0.2) is 12.1 Å². The van der Waals surface area contributed by atoms with Gasteiger partial charge in [-0.05, 0) is 18.2 Å². The summed E-state index contributed by atoms with van der Waals surface area (Å²) in [6.07, 6.45) is 1.66. The first-order valence-electron chi connectivity index (χ1n) is 4.86. The normalized spacial score (nSPS) is 10.3. The highest BCUT2D eigenvalue weighted by atomic mass is 35.5. The van der Waals surface area contributed by atoms with Crippen LogP contribution in [0.3, 0.4) is 0 Å². The Kier molecular flexibility index (Phi) is 3.41. The van der Waals surface area contributed by atoms with E-state index in [1.165, 1.54) is 7.11 Å². The standard InChI is InChI=1S/C12H10Cl2N2O/c1-17-12-11(15)4-7(6-16-12)9-3-2-8(13)5-10(9)14/h2-6H,15H2,1H3. The molecular weight excluding hydrogens is 259 g/mol. The monoisotopic (exact) mass is 268 g/mol. The van der Waals surface area contributed by atoms with E-state index in [9.17, 15) is 0 Å². The molecule has 1 aromatic carbocycles. The molecule has 1 heterocycles. The number of aromatic nitrogens is 1. The number of ether oxygens (including phenoxy) is 1. The summed E-state index contributed by atoms with van der Waals surface area (Å²) >= 11 is 11.9. The summed E-state index contributed by atoms with van der Waals surface area (Å²) in [5, 5.41) is 1.15. The molecule has 5 heteroatoms. The lowest BCUT2D eigenvalue weighted by Crippen LogP contribution is -1.95. The summed E-state index contributed by atoms with van der Waals surface area (Å²) in [6.45, 7) is 0. The largest absolute Gasteiger partial charge is 0.480 e. The Hall–Kier alpha value is -1.45. The SMILES string of the molecule is COc1ncc(-c2ccc(Cl)cc2Cl)cc1N. The van der Waals surface area contributed by atoms with Crippen LogP contribution in [0.25, 0.3) is 11.1 Å². The fourth-order valence-corrected chi connectivity index (χ4v) is 2.03. The van der Waals surface area contributed by atoms with Gasteiger partial charge in [0.2, 0.25) is 5.88 Å². The van der Waals surface area contributed by atoms with Crippen LogP contribution in [0.15, 0.2) is 30.5 Å². The molecule has 88 valence electrons. The number of nitrogen functional groups attached to an aromatic ring is 1. The van der Waals surface area contributed by atoms with Crippen molar-refractivity contribution in [3.8, 4) is 17.0 Å². The number of nitrogens with zero attached hydrogens (tertiary/aromatic N) is 1. The molecule has 0 unspecified atom stereocenters. The summed E-state index contributed by atoms with van der Waals surface area (Å²) in [5.74, 6) is 0.402. The van der Waals surface area contributed by atoms with Gasteiger partial charge in [0.25, 0.3) is 0 Å². The first-order valence-corrected chi connectivity index (χ1v) is 5.62. The van der Waals surface area contributed by atoms with E-state index in [-0.39, 0.29) is 0 Å². The number of benzene rings is 1. The van der Waals surface area contributed by atoms with Crippen molar-refractivity contribution in [2.45, 2.75) is 0 Å². The fourth-order valence-electron chi connectivity index (χ4n) is 1.51. The summed E-state index contributed by atoms with van der Waals surface area (Å²) in [4.78, 5) is 4.10. The summed E-state index contributed by atoms with van der Waals surface area (Å²) in [6, 6.07) is 7.04. The lowest BCUT2D eigenvalue weighted by Gasteiger charge is -2.08. The van der Waals surface area contributed by atoms with Crippen LogP contribution < -0.4 is 10.5 Å². The second-order valence-electron chi connectivity index (χ2n) is 3.45. The zero-order valence-corrected chi connectivity index (χ0v) is 10.6. The number of hydrogen-bond donors (Lipinski definition) is 1. The van der Waals surface area contributed by atoms with Crippen LogP contribution in [0.2, 0.25) is 10.0 Å². The molecule has 0 radical (unpaired) electrons. The molecule has 0 atom stereocenters. The smallest absolute Gasteiger partial charge is 0.236 e. The first kappa shape index (κ1) is 12.0. The Morgan fingerprint density at radius 3 is 2.59 bits per heavy atom. The molecule has 1 aromatic heterocycles. The quantitative estimate of drug-likeness (QED) is 0.905. The lowest BCUT2D eigenvalue weighted by molar-refractivity contribution is 0.400. The molecule has 3 nitrogen and oxygen atoms in total. The molecule has 0 spiro atoms. The van der Waals surface area contributed by atoms with Crippen LogP contribution in [-0.2, 0) is 0 Å². The molecule has 0 fully saturated rings. The predicted molar refractivity (Wildman–Crippen MR) is 70.7 cm³/mol. The maximum atomic E-state index is 6.11. The molecule has 2 aromatic rings. The van der Waals surface area contributed by atoms with E-state index in [0.29, 0.717) is 21.6 Å². The highest BCUT2D eigenvalue weighted by Gasteiger charge is 2.08. The maximum Gasteiger partial charge on any atom is 0.236 e. The minimum atomic E-state index is 0.402. The van der Waals surface area contributed by atoms with E-state index in [1.54, 1.807) is 24.4 Å². The summed E-state index contributed by atoms with van der Waals surface area (Å²) in [7, 11) is 1.52. The second kappa shape index (κ2) is 4.82. The van der Waals surface area contributed by atoms with Crippen LogP contribution in [0, 0.1) is 0 Å². The van der Waals surface area contributed by atoms with Crippen LogP contribution in [0.1, 0.15) is 0 Å². The Morgan fingerprint density at radius 1 is 1.24 bits per heavy atom. The molecular formula is C12H10Cl2N2O. The zero-order valence-electron chi connectivity index (χ0n) is 9.08. The number of methoxy groups -OCH3 is 1.